The van der Waals surface area contributed by atoms with E-state index < -0.39 is 12.0 Å². The highest BCUT2D eigenvalue weighted by Crippen LogP contribution is 2.32. The van der Waals surface area contributed by atoms with E-state index in [1.807, 2.05) is 30.3 Å². The zero-order valence-electron chi connectivity index (χ0n) is 10.6. The lowest BCUT2D eigenvalue weighted by molar-refractivity contribution is -0.144. The van der Waals surface area contributed by atoms with Crippen molar-refractivity contribution >= 4 is 5.97 Å². The van der Waals surface area contributed by atoms with Gasteiger partial charge in [-0.1, -0.05) is 30.3 Å². The first-order valence-corrected chi connectivity index (χ1v) is 6.38. The molecule has 4 heteroatoms. The Morgan fingerprint density at radius 3 is 2.72 bits per heavy atom. The number of carboxylic acids is 1. The second-order valence-electron chi connectivity index (χ2n) is 4.89. The fourth-order valence-electron chi connectivity index (χ4n) is 2.83. The van der Waals surface area contributed by atoms with Gasteiger partial charge in [0.05, 0.1) is 0 Å². The lowest BCUT2D eigenvalue weighted by atomic mass is 9.99. The number of likely N-dealkylation sites (tertiary alicyclic amines) is 1. The van der Waals surface area contributed by atoms with Crippen LogP contribution in [0, 0.1) is 5.92 Å². The van der Waals surface area contributed by atoms with Gasteiger partial charge in [0.2, 0.25) is 0 Å². The summed E-state index contributed by atoms with van der Waals surface area (Å²) >= 11 is 0. The van der Waals surface area contributed by atoms with Gasteiger partial charge in [-0.3, -0.25) is 9.69 Å². The maximum Gasteiger partial charge on any atom is 0.321 e. The van der Waals surface area contributed by atoms with Crippen molar-refractivity contribution in [2.24, 2.45) is 11.7 Å². The van der Waals surface area contributed by atoms with Gasteiger partial charge >= 0.3 is 5.97 Å². The van der Waals surface area contributed by atoms with E-state index >= 15 is 0 Å². The van der Waals surface area contributed by atoms with Gasteiger partial charge in [-0.2, -0.15) is 0 Å². The highest BCUT2D eigenvalue weighted by Gasteiger charge is 2.40. The predicted octanol–water partition coefficient (Wildman–Crippen LogP) is 1.48. The van der Waals surface area contributed by atoms with E-state index in [1.165, 1.54) is 0 Å². The Hall–Kier alpha value is -1.39. The fourth-order valence-corrected chi connectivity index (χ4v) is 2.83. The van der Waals surface area contributed by atoms with Gasteiger partial charge in [-0.25, -0.2) is 0 Å². The quantitative estimate of drug-likeness (QED) is 0.847. The predicted molar refractivity (Wildman–Crippen MR) is 70.1 cm³/mol. The maximum atomic E-state index is 11.4. The number of carbonyl (C=O) groups is 1. The third-order valence-corrected chi connectivity index (χ3v) is 3.90. The van der Waals surface area contributed by atoms with Gasteiger partial charge in [-0.05, 0) is 37.9 Å². The molecule has 0 amide bonds. The molecule has 3 N–H and O–H groups in total. The first-order valence-electron chi connectivity index (χ1n) is 6.38. The summed E-state index contributed by atoms with van der Waals surface area (Å²) < 4.78 is 0. The van der Waals surface area contributed by atoms with Crippen LogP contribution in [0.2, 0.25) is 0 Å². The second-order valence-corrected chi connectivity index (χ2v) is 4.89. The van der Waals surface area contributed by atoms with Crippen LogP contribution < -0.4 is 5.73 Å². The molecule has 0 aliphatic carbocycles. The molecule has 1 fully saturated rings. The molecule has 0 unspecified atom stereocenters. The van der Waals surface area contributed by atoms with Crippen LogP contribution >= 0.6 is 0 Å². The van der Waals surface area contributed by atoms with Crippen molar-refractivity contribution in [2.75, 3.05) is 13.1 Å². The summed E-state index contributed by atoms with van der Waals surface area (Å²) in [4.78, 5) is 13.5. The van der Waals surface area contributed by atoms with Crippen LogP contribution in [-0.2, 0) is 4.79 Å². The molecule has 0 spiro atoms. The van der Waals surface area contributed by atoms with E-state index in [4.69, 9.17) is 5.73 Å². The van der Waals surface area contributed by atoms with Gasteiger partial charge in [-0.15, -0.1) is 0 Å². The molecule has 0 bridgehead atoms. The van der Waals surface area contributed by atoms with Crippen LogP contribution in [0.25, 0.3) is 0 Å². The normalized spacial score (nSPS) is 26.1. The van der Waals surface area contributed by atoms with Gasteiger partial charge in [0.1, 0.15) is 6.04 Å². The van der Waals surface area contributed by atoms with Crippen molar-refractivity contribution in [1.82, 2.24) is 4.90 Å². The lowest BCUT2D eigenvalue weighted by Gasteiger charge is -2.30. The Bertz CT molecular complexity index is 408. The Morgan fingerprint density at radius 2 is 2.17 bits per heavy atom. The van der Waals surface area contributed by atoms with Crippen molar-refractivity contribution in [3.8, 4) is 0 Å². The van der Waals surface area contributed by atoms with E-state index in [2.05, 4.69) is 11.8 Å². The Kier molecular flexibility index (Phi) is 3.99. The van der Waals surface area contributed by atoms with Crippen LogP contribution in [0.4, 0.5) is 0 Å². The lowest BCUT2D eigenvalue weighted by Crippen LogP contribution is -2.42. The SMILES string of the molecule is C[C@@H](c1ccccc1)N1CC[C@@H](CN)[C@H]1C(=O)O. The highest BCUT2D eigenvalue weighted by molar-refractivity contribution is 5.74. The Labute approximate surface area is 107 Å². The minimum absolute atomic E-state index is 0.0636. The molecule has 1 aromatic carbocycles. The van der Waals surface area contributed by atoms with Crippen molar-refractivity contribution < 1.29 is 9.90 Å². The average Bonchev–Trinajstić information content (AvgIpc) is 2.82. The van der Waals surface area contributed by atoms with E-state index in [-0.39, 0.29) is 12.0 Å². The summed E-state index contributed by atoms with van der Waals surface area (Å²) in [6.07, 6.45) is 0.866. The first-order chi connectivity index (χ1) is 8.65. The third kappa shape index (κ3) is 2.40. The molecule has 0 radical (unpaired) electrons. The topological polar surface area (TPSA) is 66.6 Å². The minimum atomic E-state index is -0.759. The zero-order valence-corrected chi connectivity index (χ0v) is 10.6. The van der Waals surface area contributed by atoms with Crippen LogP contribution in [0.1, 0.15) is 24.9 Å². The molecule has 0 saturated carbocycles. The summed E-state index contributed by atoms with van der Waals surface area (Å²) in [5.41, 5.74) is 6.83. The monoisotopic (exact) mass is 248 g/mol. The van der Waals surface area contributed by atoms with Gasteiger partial charge < -0.3 is 10.8 Å². The number of carboxylic acid groups (broad SMARTS) is 1. The molecule has 1 aliphatic rings. The summed E-state index contributed by atoms with van der Waals surface area (Å²) in [7, 11) is 0. The van der Waals surface area contributed by atoms with Crippen LogP contribution in [0.3, 0.4) is 0 Å². The molecule has 1 saturated heterocycles. The molecular weight excluding hydrogens is 228 g/mol. The minimum Gasteiger partial charge on any atom is -0.480 e. The number of hydrogen-bond acceptors (Lipinski definition) is 3. The Balaban J connectivity index is 2.20. The van der Waals surface area contributed by atoms with E-state index in [0.717, 1.165) is 18.5 Å². The summed E-state index contributed by atoms with van der Waals surface area (Å²) in [6, 6.07) is 9.68. The van der Waals surface area contributed by atoms with Crippen LogP contribution in [0.15, 0.2) is 30.3 Å². The molecule has 98 valence electrons. The number of hydrogen-bond donors (Lipinski definition) is 2. The molecule has 18 heavy (non-hydrogen) atoms. The summed E-state index contributed by atoms with van der Waals surface area (Å²) in [5.74, 6) is -0.695. The van der Waals surface area contributed by atoms with Crippen molar-refractivity contribution in [3.63, 3.8) is 0 Å². The summed E-state index contributed by atoms with van der Waals surface area (Å²) in [6.45, 7) is 3.30. The highest BCUT2D eigenvalue weighted by atomic mass is 16.4. The molecule has 2 rings (SSSR count). The molecule has 1 heterocycles. The number of rotatable bonds is 4. The zero-order chi connectivity index (χ0) is 13.1. The van der Waals surface area contributed by atoms with Crippen LogP contribution in [-0.4, -0.2) is 35.1 Å². The molecule has 3 atom stereocenters. The standard InChI is InChI=1S/C14H20N2O2/c1-10(11-5-3-2-4-6-11)16-8-7-12(9-15)13(16)14(17)18/h2-6,10,12-13H,7-9,15H2,1H3,(H,17,18)/t10-,12-,13-/m0/s1. The molecular formula is C14H20N2O2. The number of aliphatic carboxylic acids is 1. The average molecular weight is 248 g/mol. The van der Waals surface area contributed by atoms with E-state index in [1.54, 1.807) is 0 Å². The smallest absolute Gasteiger partial charge is 0.321 e. The van der Waals surface area contributed by atoms with Crippen molar-refractivity contribution in [2.45, 2.75) is 25.4 Å². The maximum absolute atomic E-state index is 11.4. The third-order valence-electron chi connectivity index (χ3n) is 3.90. The molecule has 1 aromatic rings. The van der Waals surface area contributed by atoms with E-state index in [9.17, 15) is 9.90 Å². The Morgan fingerprint density at radius 1 is 1.50 bits per heavy atom. The number of nitrogens with zero attached hydrogens (tertiary/aromatic N) is 1. The second kappa shape index (κ2) is 5.50. The fraction of sp³-hybridized carbons (Fsp3) is 0.500. The first kappa shape index (κ1) is 13.1. The van der Waals surface area contributed by atoms with Gasteiger partial charge in [0, 0.05) is 6.04 Å². The summed E-state index contributed by atoms with van der Waals surface area (Å²) in [5, 5.41) is 9.38. The van der Waals surface area contributed by atoms with E-state index in [0.29, 0.717) is 6.54 Å². The number of nitrogens with two attached hydrogens (primary N) is 1. The molecule has 4 nitrogen and oxygen atoms in total. The van der Waals surface area contributed by atoms with Crippen LogP contribution in [0.5, 0.6) is 0 Å². The largest absolute Gasteiger partial charge is 0.480 e. The van der Waals surface area contributed by atoms with Gasteiger partial charge in [0.15, 0.2) is 0 Å². The van der Waals surface area contributed by atoms with Crippen molar-refractivity contribution in [1.29, 1.82) is 0 Å². The van der Waals surface area contributed by atoms with Gasteiger partial charge in [0.25, 0.3) is 0 Å². The number of benzene rings is 1. The molecule has 0 aromatic heterocycles. The molecule has 1 aliphatic heterocycles. The van der Waals surface area contributed by atoms with Crippen molar-refractivity contribution in [3.05, 3.63) is 35.9 Å².